The minimum absolute atomic E-state index is 0.0367. The molecular weight excluding hydrogens is 705 g/mol. The number of hydrogen-bond donors (Lipinski definition) is 3. The van der Waals surface area contributed by atoms with Crippen LogP contribution in [0.5, 0.6) is 0 Å². The molecule has 0 rings (SSSR count). The van der Waals surface area contributed by atoms with E-state index in [1.54, 1.807) is 0 Å². The third kappa shape index (κ3) is 38.0. The fourth-order valence-corrected chi connectivity index (χ4v) is 6.11. The summed E-state index contributed by atoms with van der Waals surface area (Å²) in [7, 11) is -4.40. The van der Waals surface area contributed by atoms with Crippen LogP contribution in [-0.2, 0) is 32.7 Å². The van der Waals surface area contributed by atoms with Gasteiger partial charge in [0.2, 0.25) is 0 Å². The summed E-state index contributed by atoms with van der Waals surface area (Å²) < 4.78 is 32.6. The van der Waals surface area contributed by atoms with Gasteiger partial charge in [0, 0.05) is 19.4 Å². The molecule has 0 radical (unpaired) electrons. The summed E-state index contributed by atoms with van der Waals surface area (Å²) in [5.41, 5.74) is 5.33. The van der Waals surface area contributed by atoms with E-state index in [0.717, 1.165) is 64.2 Å². The van der Waals surface area contributed by atoms with Crippen LogP contribution < -0.4 is 5.73 Å². The van der Waals surface area contributed by atoms with Crippen molar-refractivity contribution in [1.82, 2.24) is 0 Å². The minimum Gasteiger partial charge on any atom is -0.462 e. The SMILES string of the molecule is CCCCCCCC/C=C\CCCCCCCC(=O)O[C@H](COC(=O)CCC/C=C\C/C=C\C/C=C\C/C=C\CC(O)CCC)COP(=O)(O)OCCN. The number of esters is 2. The summed E-state index contributed by atoms with van der Waals surface area (Å²) in [4.78, 5) is 34.8. The van der Waals surface area contributed by atoms with E-state index in [4.69, 9.17) is 24.3 Å². The number of phosphoric ester groups is 1. The van der Waals surface area contributed by atoms with Crippen molar-refractivity contribution in [3.63, 3.8) is 0 Å². The lowest BCUT2D eigenvalue weighted by molar-refractivity contribution is -0.161. The molecule has 0 aliphatic carbocycles. The Balaban J connectivity index is 4.31. The first-order chi connectivity index (χ1) is 26.2. The van der Waals surface area contributed by atoms with E-state index < -0.39 is 32.5 Å². The van der Waals surface area contributed by atoms with Gasteiger partial charge in [0.25, 0.3) is 0 Å². The van der Waals surface area contributed by atoms with E-state index in [1.807, 2.05) is 12.2 Å². The third-order valence-electron chi connectivity index (χ3n) is 8.43. The molecule has 0 aromatic rings. The number of aliphatic hydroxyl groups is 1. The molecule has 4 N–H and O–H groups in total. The smallest absolute Gasteiger partial charge is 0.462 e. The molecule has 0 aliphatic rings. The zero-order valence-corrected chi connectivity index (χ0v) is 34.7. The zero-order valence-electron chi connectivity index (χ0n) is 33.8. The quantitative estimate of drug-likeness (QED) is 0.0239. The summed E-state index contributed by atoms with van der Waals surface area (Å²) in [6, 6.07) is 0. The molecule has 0 saturated carbocycles. The maximum absolute atomic E-state index is 12.6. The van der Waals surface area contributed by atoms with Crippen LogP contribution in [0.3, 0.4) is 0 Å². The van der Waals surface area contributed by atoms with Crippen molar-refractivity contribution >= 4 is 19.8 Å². The van der Waals surface area contributed by atoms with Crippen molar-refractivity contribution in [3.8, 4) is 0 Å². The molecule has 0 bridgehead atoms. The van der Waals surface area contributed by atoms with Gasteiger partial charge in [-0.25, -0.2) is 4.57 Å². The highest BCUT2D eigenvalue weighted by atomic mass is 31.2. The fraction of sp³-hybridized carbons (Fsp3) is 0.721. The Hall–Kier alpha value is -2.33. The van der Waals surface area contributed by atoms with Crippen LogP contribution in [0.4, 0.5) is 0 Å². The Bertz CT molecular complexity index is 1090. The topological polar surface area (TPSA) is 155 Å². The number of nitrogens with two attached hydrogens (primary N) is 1. The highest BCUT2D eigenvalue weighted by Crippen LogP contribution is 2.43. The molecule has 0 fully saturated rings. The molecule has 0 aromatic carbocycles. The monoisotopic (exact) mass is 782 g/mol. The van der Waals surface area contributed by atoms with Crippen LogP contribution in [0.25, 0.3) is 0 Å². The van der Waals surface area contributed by atoms with E-state index >= 15 is 0 Å². The molecule has 0 aliphatic heterocycles. The van der Waals surface area contributed by atoms with Gasteiger partial charge in [0.1, 0.15) is 6.61 Å². The highest BCUT2D eigenvalue weighted by molar-refractivity contribution is 7.47. The van der Waals surface area contributed by atoms with Crippen LogP contribution in [0.15, 0.2) is 60.8 Å². The third-order valence-corrected chi connectivity index (χ3v) is 9.42. The van der Waals surface area contributed by atoms with Crippen molar-refractivity contribution in [2.45, 2.75) is 174 Å². The number of unbranched alkanes of at least 4 members (excludes halogenated alkanes) is 12. The maximum atomic E-state index is 12.6. The predicted molar refractivity (Wildman–Crippen MR) is 221 cm³/mol. The number of carbonyl (C=O) groups is 2. The Morgan fingerprint density at radius 2 is 1.15 bits per heavy atom. The average molecular weight is 782 g/mol. The van der Waals surface area contributed by atoms with E-state index in [-0.39, 0.29) is 38.7 Å². The lowest BCUT2D eigenvalue weighted by atomic mass is 10.1. The number of phosphoric acid groups is 1. The summed E-state index contributed by atoms with van der Waals surface area (Å²) in [6.45, 7) is 3.43. The lowest BCUT2D eigenvalue weighted by Gasteiger charge is -2.19. The summed E-state index contributed by atoms with van der Waals surface area (Å²) in [5.74, 6) is -0.929. The number of aliphatic hydroxyl groups excluding tert-OH is 1. The van der Waals surface area contributed by atoms with Crippen LogP contribution in [0.1, 0.15) is 162 Å². The molecule has 0 spiro atoms. The fourth-order valence-electron chi connectivity index (χ4n) is 5.34. The van der Waals surface area contributed by atoms with Crippen LogP contribution >= 0.6 is 7.82 Å². The second kappa shape index (κ2) is 38.9. The Kier molecular flexibility index (Phi) is 37.2. The van der Waals surface area contributed by atoms with Gasteiger partial charge < -0.3 is 25.2 Å². The molecular formula is C43H76NO9P. The minimum atomic E-state index is -4.40. The van der Waals surface area contributed by atoms with Crippen LogP contribution in [-0.4, -0.2) is 60.5 Å². The summed E-state index contributed by atoms with van der Waals surface area (Å²) in [6.07, 6.45) is 41.7. The maximum Gasteiger partial charge on any atom is 0.472 e. The molecule has 11 heteroatoms. The van der Waals surface area contributed by atoms with Gasteiger partial charge in [0.15, 0.2) is 6.10 Å². The van der Waals surface area contributed by atoms with Crippen LogP contribution in [0.2, 0.25) is 0 Å². The van der Waals surface area contributed by atoms with E-state index in [9.17, 15) is 24.2 Å². The van der Waals surface area contributed by atoms with Crippen molar-refractivity contribution in [2.24, 2.45) is 5.73 Å². The molecule has 54 heavy (non-hydrogen) atoms. The normalized spacial score (nSPS) is 14.5. The molecule has 10 nitrogen and oxygen atoms in total. The van der Waals surface area contributed by atoms with E-state index in [2.05, 4.69) is 62.5 Å². The first kappa shape index (κ1) is 51.7. The molecule has 3 atom stereocenters. The first-order valence-corrected chi connectivity index (χ1v) is 22.3. The largest absolute Gasteiger partial charge is 0.472 e. The number of carbonyl (C=O) groups excluding carboxylic acids is 2. The van der Waals surface area contributed by atoms with Crippen molar-refractivity contribution in [1.29, 1.82) is 0 Å². The van der Waals surface area contributed by atoms with Crippen LogP contribution in [0, 0.1) is 0 Å². The van der Waals surface area contributed by atoms with Crippen molar-refractivity contribution in [3.05, 3.63) is 60.8 Å². The average Bonchev–Trinajstić information content (AvgIpc) is 3.15. The van der Waals surface area contributed by atoms with Gasteiger partial charge in [-0.1, -0.05) is 132 Å². The van der Waals surface area contributed by atoms with Gasteiger partial charge >= 0.3 is 19.8 Å². The van der Waals surface area contributed by atoms with Gasteiger partial charge in [-0.2, -0.15) is 0 Å². The number of allylic oxidation sites excluding steroid dienone is 9. The second-order valence-corrected chi connectivity index (χ2v) is 15.1. The first-order valence-electron chi connectivity index (χ1n) is 20.8. The highest BCUT2D eigenvalue weighted by Gasteiger charge is 2.25. The standard InChI is InChI=1S/C43H76NO9P/c1-3-5-6-7-8-9-10-11-12-15-19-22-25-28-31-35-43(47)53-41(39-52-54(48,49)51-37-36-44)38-50-42(46)34-30-27-24-21-18-16-13-14-17-20-23-26-29-33-40(45)32-4-2/h11-13,16-17,20-21,24,26,29,40-41,45H,3-10,14-15,18-19,22-23,25,27-28,30-39,44H2,1-2H3,(H,48,49)/b12-11-,16-13-,20-17-,24-21-,29-26-/t40?,41-/m1/s1. The zero-order chi connectivity index (χ0) is 39.8. The Labute approximate surface area is 328 Å². The van der Waals surface area contributed by atoms with Gasteiger partial charge in [-0.15, -0.1) is 0 Å². The summed E-state index contributed by atoms with van der Waals surface area (Å²) >= 11 is 0. The van der Waals surface area contributed by atoms with Gasteiger partial charge in [0.05, 0.1) is 19.3 Å². The molecule has 0 heterocycles. The number of rotatable bonds is 38. The van der Waals surface area contributed by atoms with Crippen molar-refractivity contribution < 1.29 is 42.7 Å². The van der Waals surface area contributed by atoms with Gasteiger partial charge in [-0.05, 0) is 77.0 Å². The molecule has 0 aromatic heterocycles. The second-order valence-electron chi connectivity index (χ2n) is 13.7. The molecule has 0 amide bonds. The lowest BCUT2D eigenvalue weighted by Crippen LogP contribution is -2.29. The Morgan fingerprint density at radius 3 is 1.76 bits per heavy atom. The molecule has 312 valence electrons. The Morgan fingerprint density at radius 1 is 0.630 bits per heavy atom. The van der Waals surface area contributed by atoms with E-state index in [1.165, 1.54) is 44.9 Å². The molecule has 2 unspecified atom stereocenters. The van der Waals surface area contributed by atoms with E-state index in [0.29, 0.717) is 25.7 Å². The van der Waals surface area contributed by atoms with Crippen molar-refractivity contribution in [2.75, 3.05) is 26.4 Å². The van der Waals surface area contributed by atoms with Gasteiger partial charge in [-0.3, -0.25) is 18.6 Å². The summed E-state index contributed by atoms with van der Waals surface area (Å²) in [5, 5.41) is 9.71. The predicted octanol–water partition coefficient (Wildman–Crippen LogP) is 10.7. The number of ether oxygens (including phenoxy) is 2. The number of hydrogen-bond acceptors (Lipinski definition) is 9. The molecule has 0 saturated heterocycles.